The molecular weight excluding hydrogens is 162 g/mol. The molecule has 1 rings (SSSR count). The van der Waals surface area contributed by atoms with Crippen LogP contribution in [0, 0.1) is 0 Å². The van der Waals surface area contributed by atoms with Crippen molar-refractivity contribution < 1.29 is 4.74 Å². The Morgan fingerprint density at radius 3 is 2.91 bits per heavy atom. The molecule has 0 spiro atoms. The molecule has 1 aliphatic rings. The third-order valence-corrected chi connectivity index (χ3v) is 2.37. The van der Waals surface area contributed by atoms with Crippen molar-refractivity contribution in [3.05, 3.63) is 0 Å². The normalized spacial score (nSPS) is 24.8. The van der Waals surface area contributed by atoms with Gasteiger partial charge in [-0.1, -0.05) is 6.92 Å². The summed E-state index contributed by atoms with van der Waals surface area (Å²) in [6.45, 7) is 6.06. The van der Waals surface area contributed by atoms with Gasteiger partial charge in [0, 0.05) is 25.1 Å². The number of ether oxygens (including phenoxy) is 1. The molecule has 1 aliphatic heterocycles. The number of likely N-dealkylation sites (N-methyl/N-ethyl adjacent to an activating group) is 1. The molecule has 0 aromatic rings. The van der Waals surface area contributed by atoms with E-state index in [2.05, 4.69) is 11.8 Å². The van der Waals surface area contributed by atoms with Crippen molar-refractivity contribution in [2.24, 2.45) is 0 Å². The zero-order chi connectivity index (χ0) is 8.10. The fraction of sp³-hybridized carbons (Fsp3) is 1.00. The SMILES string of the molecule is CCN(CCCl)C1CCOC1. The highest BCUT2D eigenvalue weighted by Crippen LogP contribution is 2.11. The van der Waals surface area contributed by atoms with Crippen LogP contribution in [0.25, 0.3) is 0 Å². The summed E-state index contributed by atoms with van der Waals surface area (Å²) in [6, 6.07) is 0.624. The van der Waals surface area contributed by atoms with Gasteiger partial charge in [-0.2, -0.15) is 0 Å². The van der Waals surface area contributed by atoms with E-state index in [0.717, 1.165) is 32.2 Å². The molecule has 3 heteroatoms. The van der Waals surface area contributed by atoms with E-state index < -0.39 is 0 Å². The van der Waals surface area contributed by atoms with Crippen LogP contribution in [0.2, 0.25) is 0 Å². The van der Waals surface area contributed by atoms with E-state index >= 15 is 0 Å². The van der Waals surface area contributed by atoms with Crippen LogP contribution >= 0.6 is 11.6 Å². The van der Waals surface area contributed by atoms with Gasteiger partial charge in [0.15, 0.2) is 0 Å². The Hall–Kier alpha value is 0.210. The second-order valence-corrected chi connectivity index (χ2v) is 3.21. The highest BCUT2D eigenvalue weighted by Gasteiger charge is 2.20. The summed E-state index contributed by atoms with van der Waals surface area (Å²) in [5.74, 6) is 0.727. The lowest BCUT2D eigenvalue weighted by molar-refractivity contribution is 0.151. The van der Waals surface area contributed by atoms with Gasteiger partial charge in [0.25, 0.3) is 0 Å². The lowest BCUT2D eigenvalue weighted by Crippen LogP contribution is -2.36. The van der Waals surface area contributed by atoms with Gasteiger partial charge in [0.2, 0.25) is 0 Å². The first-order valence-electron chi connectivity index (χ1n) is 4.26. The summed E-state index contributed by atoms with van der Waals surface area (Å²) < 4.78 is 5.30. The minimum absolute atomic E-state index is 0.624. The number of alkyl halides is 1. The predicted molar refractivity (Wildman–Crippen MR) is 47.2 cm³/mol. The van der Waals surface area contributed by atoms with Crippen LogP contribution in [-0.2, 0) is 4.74 Å². The van der Waals surface area contributed by atoms with Crippen molar-refractivity contribution in [3.8, 4) is 0 Å². The van der Waals surface area contributed by atoms with E-state index in [9.17, 15) is 0 Å². The standard InChI is InChI=1S/C8H16ClNO/c1-2-10(5-4-9)8-3-6-11-7-8/h8H,2-7H2,1H3. The predicted octanol–water partition coefficient (Wildman–Crippen LogP) is 1.34. The number of hydrogen-bond donors (Lipinski definition) is 0. The third kappa shape index (κ3) is 2.62. The molecule has 0 saturated carbocycles. The van der Waals surface area contributed by atoms with Crippen molar-refractivity contribution in [1.82, 2.24) is 4.90 Å². The Morgan fingerprint density at radius 1 is 1.64 bits per heavy atom. The zero-order valence-corrected chi connectivity index (χ0v) is 7.81. The fourth-order valence-corrected chi connectivity index (χ4v) is 1.73. The Labute approximate surface area is 73.5 Å². The summed E-state index contributed by atoms with van der Waals surface area (Å²) in [5, 5.41) is 0. The summed E-state index contributed by atoms with van der Waals surface area (Å²) in [7, 11) is 0. The molecule has 0 aliphatic carbocycles. The molecule has 0 N–H and O–H groups in total. The van der Waals surface area contributed by atoms with Crippen molar-refractivity contribution >= 4 is 11.6 Å². The molecule has 1 heterocycles. The fourth-order valence-electron chi connectivity index (χ4n) is 1.52. The van der Waals surface area contributed by atoms with Crippen molar-refractivity contribution in [2.45, 2.75) is 19.4 Å². The van der Waals surface area contributed by atoms with Crippen LogP contribution in [0.1, 0.15) is 13.3 Å². The van der Waals surface area contributed by atoms with Gasteiger partial charge in [0.1, 0.15) is 0 Å². The van der Waals surface area contributed by atoms with Gasteiger partial charge >= 0.3 is 0 Å². The van der Waals surface area contributed by atoms with E-state index in [1.807, 2.05) is 0 Å². The Kier molecular flexibility index (Phi) is 4.20. The van der Waals surface area contributed by atoms with Crippen LogP contribution in [-0.4, -0.2) is 43.1 Å². The zero-order valence-electron chi connectivity index (χ0n) is 7.05. The maximum atomic E-state index is 5.67. The molecule has 0 bridgehead atoms. The smallest absolute Gasteiger partial charge is 0.0622 e. The lowest BCUT2D eigenvalue weighted by Gasteiger charge is -2.24. The summed E-state index contributed by atoms with van der Waals surface area (Å²) in [4.78, 5) is 2.39. The second-order valence-electron chi connectivity index (χ2n) is 2.83. The first kappa shape index (κ1) is 9.30. The van der Waals surface area contributed by atoms with Gasteiger partial charge in [-0.25, -0.2) is 0 Å². The first-order valence-corrected chi connectivity index (χ1v) is 4.79. The minimum Gasteiger partial charge on any atom is -0.380 e. The number of rotatable bonds is 4. The molecule has 1 unspecified atom stereocenters. The summed E-state index contributed by atoms with van der Waals surface area (Å²) >= 11 is 5.67. The molecule has 1 fully saturated rings. The number of hydrogen-bond acceptors (Lipinski definition) is 2. The highest BCUT2D eigenvalue weighted by atomic mass is 35.5. The van der Waals surface area contributed by atoms with Gasteiger partial charge in [-0.05, 0) is 13.0 Å². The summed E-state index contributed by atoms with van der Waals surface area (Å²) in [5.41, 5.74) is 0. The van der Waals surface area contributed by atoms with Gasteiger partial charge in [-0.3, -0.25) is 4.90 Å². The minimum atomic E-state index is 0.624. The average Bonchev–Trinajstić information content (AvgIpc) is 2.52. The monoisotopic (exact) mass is 177 g/mol. The van der Waals surface area contributed by atoms with E-state index in [4.69, 9.17) is 16.3 Å². The summed E-state index contributed by atoms with van der Waals surface area (Å²) in [6.07, 6.45) is 1.17. The highest BCUT2D eigenvalue weighted by molar-refractivity contribution is 6.18. The number of nitrogens with zero attached hydrogens (tertiary/aromatic N) is 1. The molecule has 11 heavy (non-hydrogen) atoms. The quantitative estimate of drug-likeness (QED) is 0.601. The van der Waals surface area contributed by atoms with Crippen molar-refractivity contribution in [3.63, 3.8) is 0 Å². The van der Waals surface area contributed by atoms with Crippen molar-refractivity contribution in [2.75, 3.05) is 32.2 Å². The Balaban J connectivity index is 2.27. The van der Waals surface area contributed by atoms with Gasteiger partial charge in [-0.15, -0.1) is 11.6 Å². The van der Waals surface area contributed by atoms with Crippen LogP contribution in [0.3, 0.4) is 0 Å². The molecular formula is C8H16ClNO. The number of halogens is 1. The van der Waals surface area contributed by atoms with Gasteiger partial charge in [0.05, 0.1) is 6.61 Å². The van der Waals surface area contributed by atoms with Crippen molar-refractivity contribution in [1.29, 1.82) is 0 Å². The third-order valence-electron chi connectivity index (χ3n) is 2.20. The molecule has 0 radical (unpaired) electrons. The second kappa shape index (κ2) is 4.96. The largest absolute Gasteiger partial charge is 0.380 e. The van der Waals surface area contributed by atoms with Crippen LogP contribution in [0.15, 0.2) is 0 Å². The molecule has 1 saturated heterocycles. The average molecular weight is 178 g/mol. The lowest BCUT2D eigenvalue weighted by atomic mass is 10.2. The van der Waals surface area contributed by atoms with Crippen LogP contribution in [0.4, 0.5) is 0 Å². The van der Waals surface area contributed by atoms with E-state index in [1.54, 1.807) is 0 Å². The maximum absolute atomic E-state index is 5.67. The molecule has 66 valence electrons. The topological polar surface area (TPSA) is 12.5 Å². The molecule has 0 aromatic heterocycles. The van der Waals surface area contributed by atoms with Crippen LogP contribution < -0.4 is 0 Å². The maximum Gasteiger partial charge on any atom is 0.0622 e. The molecule has 0 aromatic carbocycles. The van der Waals surface area contributed by atoms with E-state index in [0.29, 0.717) is 6.04 Å². The molecule has 1 atom stereocenters. The molecule has 2 nitrogen and oxygen atoms in total. The first-order chi connectivity index (χ1) is 5.38. The Bertz CT molecular complexity index is 104. The molecule has 0 amide bonds. The van der Waals surface area contributed by atoms with Gasteiger partial charge < -0.3 is 4.74 Å². The van der Waals surface area contributed by atoms with Crippen LogP contribution in [0.5, 0.6) is 0 Å². The van der Waals surface area contributed by atoms with E-state index in [1.165, 1.54) is 6.42 Å². The van der Waals surface area contributed by atoms with E-state index in [-0.39, 0.29) is 0 Å². The Morgan fingerprint density at radius 2 is 2.45 bits per heavy atom.